The number of hydrogen-bond acceptors (Lipinski definition) is 5. The van der Waals surface area contributed by atoms with E-state index in [1.165, 1.54) is 14.2 Å². The van der Waals surface area contributed by atoms with Crippen molar-refractivity contribution in [3.63, 3.8) is 0 Å². The quantitative estimate of drug-likeness (QED) is 0.876. The summed E-state index contributed by atoms with van der Waals surface area (Å²) in [6.45, 7) is 0. The number of fused-ring (bicyclic) bond motifs is 1. The fraction of sp³-hybridized carbons (Fsp3) is 0.167. The molecule has 6 nitrogen and oxygen atoms in total. The van der Waals surface area contributed by atoms with Crippen molar-refractivity contribution >= 4 is 17.4 Å². The first-order valence-corrected chi connectivity index (χ1v) is 7.35. The lowest BCUT2D eigenvalue weighted by atomic mass is 10.1. The molecule has 0 aliphatic heterocycles. The number of hydrazone groups is 1. The number of ether oxygens (including phenoxy) is 2. The molecule has 24 heavy (non-hydrogen) atoms. The summed E-state index contributed by atoms with van der Waals surface area (Å²) in [6.07, 6.45) is 0.186. The Balaban J connectivity index is 1.80. The molecule has 0 radical (unpaired) electrons. The van der Waals surface area contributed by atoms with E-state index in [0.717, 1.165) is 5.56 Å². The first-order chi connectivity index (χ1) is 11.6. The van der Waals surface area contributed by atoms with Gasteiger partial charge in [0.15, 0.2) is 17.3 Å². The molecule has 0 bridgehead atoms. The molecule has 1 aliphatic carbocycles. The van der Waals surface area contributed by atoms with Crippen LogP contribution in [0.2, 0.25) is 0 Å². The molecule has 0 spiro atoms. The predicted octanol–water partition coefficient (Wildman–Crippen LogP) is 2.42. The molecule has 122 valence electrons. The molecule has 1 amide bonds. The van der Waals surface area contributed by atoms with Crippen molar-refractivity contribution in [2.75, 3.05) is 14.2 Å². The highest BCUT2D eigenvalue weighted by molar-refractivity contribution is 6.26. The van der Waals surface area contributed by atoms with Gasteiger partial charge in [0.1, 0.15) is 0 Å². The molecule has 3 rings (SSSR count). The Morgan fingerprint density at radius 1 is 1.04 bits per heavy atom. The average Bonchev–Trinajstić information content (AvgIpc) is 2.95. The van der Waals surface area contributed by atoms with Crippen molar-refractivity contribution in [1.29, 1.82) is 0 Å². The Labute approximate surface area is 139 Å². The van der Waals surface area contributed by atoms with Gasteiger partial charge in [0.25, 0.3) is 5.91 Å². The zero-order chi connectivity index (χ0) is 17.1. The molecule has 0 atom stereocenters. The van der Waals surface area contributed by atoms with E-state index in [-0.39, 0.29) is 18.1 Å². The highest BCUT2D eigenvalue weighted by Gasteiger charge is 2.25. The van der Waals surface area contributed by atoms with Gasteiger partial charge in [-0.05, 0) is 18.2 Å². The molecular formula is C18H16N2O4. The van der Waals surface area contributed by atoms with Crippen LogP contribution < -0.4 is 14.9 Å². The minimum atomic E-state index is -0.389. The number of amides is 1. The van der Waals surface area contributed by atoms with Crippen LogP contribution in [0, 0.1) is 0 Å². The Hall–Kier alpha value is -3.15. The number of nitrogens with zero attached hydrogens (tertiary/aromatic N) is 1. The molecular weight excluding hydrogens is 308 g/mol. The van der Waals surface area contributed by atoms with Crippen molar-refractivity contribution in [2.45, 2.75) is 6.42 Å². The summed E-state index contributed by atoms with van der Waals surface area (Å²) in [4.78, 5) is 24.2. The lowest BCUT2D eigenvalue weighted by Gasteiger charge is -2.09. The summed E-state index contributed by atoms with van der Waals surface area (Å²) < 4.78 is 10.3. The van der Waals surface area contributed by atoms with Crippen LogP contribution in [-0.4, -0.2) is 31.6 Å². The summed E-state index contributed by atoms with van der Waals surface area (Å²) >= 11 is 0. The molecule has 2 aromatic carbocycles. The third-order valence-electron chi connectivity index (χ3n) is 3.80. The number of hydrogen-bond donors (Lipinski definition) is 1. The van der Waals surface area contributed by atoms with Gasteiger partial charge in [0.2, 0.25) is 0 Å². The third kappa shape index (κ3) is 2.86. The van der Waals surface area contributed by atoms with E-state index in [1.54, 1.807) is 24.3 Å². The number of carbonyl (C=O) groups is 2. The van der Waals surface area contributed by atoms with Gasteiger partial charge in [-0.15, -0.1) is 0 Å². The summed E-state index contributed by atoms with van der Waals surface area (Å²) in [5.41, 5.74) is 4.83. The third-order valence-corrected chi connectivity index (χ3v) is 3.80. The molecule has 0 aromatic heterocycles. The van der Waals surface area contributed by atoms with E-state index in [2.05, 4.69) is 10.5 Å². The van der Waals surface area contributed by atoms with Gasteiger partial charge in [-0.25, -0.2) is 5.43 Å². The second kappa shape index (κ2) is 6.54. The maximum absolute atomic E-state index is 12.3. The van der Waals surface area contributed by atoms with Crippen LogP contribution in [-0.2, 0) is 0 Å². The van der Waals surface area contributed by atoms with Crippen molar-refractivity contribution in [3.05, 3.63) is 59.2 Å². The Kier molecular flexibility index (Phi) is 4.29. The normalized spacial score (nSPS) is 14.4. The minimum Gasteiger partial charge on any atom is -0.493 e. The van der Waals surface area contributed by atoms with Crippen LogP contribution in [0.25, 0.3) is 0 Å². The largest absolute Gasteiger partial charge is 0.493 e. The maximum atomic E-state index is 12.3. The average molecular weight is 324 g/mol. The fourth-order valence-electron chi connectivity index (χ4n) is 2.58. The summed E-state index contributed by atoms with van der Waals surface area (Å²) in [7, 11) is 3.03. The Morgan fingerprint density at radius 2 is 1.75 bits per heavy atom. The van der Waals surface area contributed by atoms with Crippen LogP contribution in [0.5, 0.6) is 11.5 Å². The molecule has 1 N–H and O–H groups in total. The topological polar surface area (TPSA) is 77.0 Å². The molecule has 0 heterocycles. The molecule has 0 saturated heterocycles. The molecule has 1 aliphatic rings. The number of benzene rings is 2. The highest BCUT2D eigenvalue weighted by Crippen LogP contribution is 2.27. The first kappa shape index (κ1) is 15.7. The van der Waals surface area contributed by atoms with Crippen LogP contribution in [0.4, 0.5) is 0 Å². The zero-order valence-electron chi connectivity index (χ0n) is 13.3. The van der Waals surface area contributed by atoms with Gasteiger partial charge in [0.05, 0.1) is 26.4 Å². The lowest BCUT2D eigenvalue weighted by Crippen LogP contribution is -2.19. The SMILES string of the molecule is COc1ccc(C(=O)NN=C2CC(=O)c3ccccc32)cc1OC. The van der Waals surface area contributed by atoms with E-state index in [9.17, 15) is 9.59 Å². The van der Waals surface area contributed by atoms with Crippen molar-refractivity contribution < 1.29 is 19.1 Å². The number of nitrogens with one attached hydrogen (secondary N) is 1. The van der Waals surface area contributed by atoms with Gasteiger partial charge in [-0.2, -0.15) is 5.10 Å². The number of Topliss-reactive ketones (excluding diaryl/α,β-unsaturated/α-hetero) is 1. The summed E-state index contributed by atoms with van der Waals surface area (Å²) in [5.74, 6) is 0.611. The smallest absolute Gasteiger partial charge is 0.271 e. The molecule has 0 fully saturated rings. The van der Waals surface area contributed by atoms with Crippen molar-refractivity contribution in [2.24, 2.45) is 5.10 Å². The van der Waals surface area contributed by atoms with E-state index < -0.39 is 0 Å². The van der Waals surface area contributed by atoms with Crippen LogP contribution in [0.15, 0.2) is 47.6 Å². The summed E-state index contributed by atoms with van der Waals surface area (Å²) in [5, 5.41) is 4.11. The van der Waals surface area contributed by atoms with Gasteiger partial charge >= 0.3 is 0 Å². The van der Waals surface area contributed by atoms with Gasteiger partial charge in [0, 0.05) is 16.7 Å². The first-order valence-electron chi connectivity index (χ1n) is 7.35. The second-order valence-electron chi connectivity index (χ2n) is 5.21. The molecule has 2 aromatic rings. The fourth-order valence-corrected chi connectivity index (χ4v) is 2.58. The van der Waals surface area contributed by atoms with Gasteiger partial charge in [-0.3, -0.25) is 9.59 Å². The number of carbonyl (C=O) groups excluding carboxylic acids is 2. The van der Waals surface area contributed by atoms with E-state index >= 15 is 0 Å². The number of ketones is 1. The van der Waals surface area contributed by atoms with Crippen LogP contribution in [0.3, 0.4) is 0 Å². The van der Waals surface area contributed by atoms with Crippen LogP contribution in [0.1, 0.15) is 32.7 Å². The standard InChI is InChI=1S/C18H16N2O4/c1-23-16-8-7-11(9-17(16)24-2)18(22)20-19-14-10-15(21)13-6-4-3-5-12(13)14/h3-9H,10H2,1-2H3,(H,20,22). The monoisotopic (exact) mass is 324 g/mol. The second-order valence-corrected chi connectivity index (χ2v) is 5.21. The van der Waals surface area contributed by atoms with Gasteiger partial charge < -0.3 is 9.47 Å². The molecule has 6 heteroatoms. The van der Waals surface area contributed by atoms with E-state index in [4.69, 9.17) is 9.47 Å². The Bertz CT molecular complexity index is 843. The molecule has 0 saturated carbocycles. The minimum absolute atomic E-state index is 0.00437. The number of methoxy groups -OCH3 is 2. The maximum Gasteiger partial charge on any atom is 0.271 e. The lowest BCUT2D eigenvalue weighted by molar-refractivity contribution is 0.0951. The zero-order valence-corrected chi connectivity index (χ0v) is 13.3. The van der Waals surface area contributed by atoms with E-state index in [0.29, 0.717) is 28.3 Å². The highest BCUT2D eigenvalue weighted by atomic mass is 16.5. The van der Waals surface area contributed by atoms with E-state index in [1.807, 2.05) is 18.2 Å². The molecule has 0 unspecified atom stereocenters. The van der Waals surface area contributed by atoms with Crippen molar-refractivity contribution in [1.82, 2.24) is 5.43 Å². The Morgan fingerprint density at radius 3 is 2.46 bits per heavy atom. The number of rotatable bonds is 4. The van der Waals surface area contributed by atoms with Gasteiger partial charge in [-0.1, -0.05) is 24.3 Å². The summed E-state index contributed by atoms with van der Waals surface area (Å²) in [6, 6.07) is 12.1. The van der Waals surface area contributed by atoms with Crippen LogP contribution >= 0.6 is 0 Å². The van der Waals surface area contributed by atoms with Crippen molar-refractivity contribution in [3.8, 4) is 11.5 Å². The predicted molar refractivity (Wildman–Crippen MR) is 88.9 cm³/mol.